The average molecular weight is 412 g/mol. The van der Waals surface area contributed by atoms with Gasteiger partial charge in [-0.25, -0.2) is 9.79 Å². The van der Waals surface area contributed by atoms with Crippen LogP contribution >= 0.6 is 0 Å². The minimum Gasteiger partial charge on any atom is -0.371 e. The molecule has 3 amide bonds. The number of carbonyl (C=O) groups excluding carboxylic acids is 2. The van der Waals surface area contributed by atoms with Crippen LogP contribution in [0, 0.1) is 10.1 Å². The van der Waals surface area contributed by atoms with E-state index in [1.165, 1.54) is 11.9 Å². The SMILES string of the molecule is CN1C(=O)C2C(N=CN2CCCNC2COC3C(O[N+](=O)[O-])COC23)N(C)C1=O. The first kappa shape index (κ1) is 19.8. The summed E-state index contributed by atoms with van der Waals surface area (Å²) in [4.78, 5) is 48.4. The number of hydrogen-bond donors (Lipinski definition) is 1. The molecule has 0 spiro atoms. The maximum absolute atomic E-state index is 12.5. The number of ether oxygens (including phenoxy) is 2. The number of aliphatic imine (C=N–C) groups is 1. The fraction of sp³-hybridized carbons (Fsp3) is 0.812. The topological polar surface area (TPSA) is 139 Å². The minimum atomic E-state index is -0.819. The van der Waals surface area contributed by atoms with E-state index in [2.05, 4.69) is 15.1 Å². The highest BCUT2D eigenvalue weighted by molar-refractivity contribution is 6.01. The van der Waals surface area contributed by atoms with Crippen molar-refractivity contribution in [2.24, 2.45) is 4.99 Å². The first-order valence-electron chi connectivity index (χ1n) is 9.49. The van der Waals surface area contributed by atoms with Crippen molar-refractivity contribution in [2.45, 2.75) is 43.0 Å². The van der Waals surface area contributed by atoms with Crippen LogP contribution in [0.4, 0.5) is 4.79 Å². The van der Waals surface area contributed by atoms with E-state index in [1.807, 2.05) is 4.90 Å². The third-order valence-electron chi connectivity index (χ3n) is 5.81. The molecule has 4 rings (SSSR count). The molecule has 160 valence electrons. The van der Waals surface area contributed by atoms with Gasteiger partial charge in [-0.15, -0.1) is 10.1 Å². The summed E-state index contributed by atoms with van der Waals surface area (Å²) in [6.07, 6.45) is 0.429. The Morgan fingerprint density at radius 3 is 2.83 bits per heavy atom. The highest BCUT2D eigenvalue weighted by Gasteiger charge is 2.50. The molecule has 0 aromatic rings. The summed E-state index contributed by atoms with van der Waals surface area (Å²) in [5.74, 6) is -0.258. The Morgan fingerprint density at radius 1 is 1.31 bits per heavy atom. The van der Waals surface area contributed by atoms with Gasteiger partial charge in [0.1, 0.15) is 12.2 Å². The predicted octanol–water partition coefficient (Wildman–Crippen LogP) is -1.73. The Kier molecular flexibility index (Phi) is 5.27. The summed E-state index contributed by atoms with van der Waals surface area (Å²) in [6, 6.07) is -0.935. The molecule has 6 unspecified atom stereocenters. The molecule has 0 saturated carbocycles. The fourth-order valence-corrected chi connectivity index (χ4v) is 4.29. The summed E-state index contributed by atoms with van der Waals surface area (Å²) in [5.41, 5.74) is 0. The maximum Gasteiger partial charge on any atom is 0.328 e. The quantitative estimate of drug-likeness (QED) is 0.294. The van der Waals surface area contributed by atoms with Crippen molar-refractivity contribution in [3.8, 4) is 0 Å². The van der Waals surface area contributed by atoms with Crippen LogP contribution in [0.2, 0.25) is 0 Å². The summed E-state index contributed by atoms with van der Waals surface area (Å²) in [5, 5.41) is 13.1. The molecule has 6 atom stereocenters. The van der Waals surface area contributed by atoms with Gasteiger partial charge in [0.2, 0.25) is 0 Å². The molecule has 0 aliphatic carbocycles. The number of likely N-dealkylation sites (N-methyl/N-ethyl adjacent to an activating group) is 2. The van der Waals surface area contributed by atoms with Crippen molar-refractivity contribution < 1.29 is 29.0 Å². The molecule has 29 heavy (non-hydrogen) atoms. The molecule has 0 aromatic heterocycles. The number of nitrogens with zero attached hydrogens (tertiary/aromatic N) is 5. The third kappa shape index (κ3) is 3.49. The summed E-state index contributed by atoms with van der Waals surface area (Å²) >= 11 is 0. The zero-order chi connectivity index (χ0) is 20.7. The van der Waals surface area contributed by atoms with Gasteiger partial charge in [0, 0.05) is 20.6 Å². The van der Waals surface area contributed by atoms with Crippen molar-refractivity contribution in [1.29, 1.82) is 0 Å². The molecule has 3 saturated heterocycles. The second-order valence-electron chi connectivity index (χ2n) is 7.53. The largest absolute Gasteiger partial charge is 0.371 e. The van der Waals surface area contributed by atoms with Gasteiger partial charge in [-0.2, -0.15) is 0 Å². The summed E-state index contributed by atoms with van der Waals surface area (Å²) < 4.78 is 11.2. The number of carbonyl (C=O) groups is 2. The van der Waals surface area contributed by atoms with E-state index in [0.717, 1.165) is 11.3 Å². The Hall–Kier alpha value is -2.51. The molecule has 0 radical (unpaired) electrons. The molecule has 3 fully saturated rings. The third-order valence-corrected chi connectivity index (χ3v) is 5.81. The van der Waals surface area contributed by atoms with Gasteiger partial charge in [0.15, 0.2) is 18.3 Å². The lowest BCUT2D eigenvalue weighted by atomic mass is 10.1. The number of fused-ring (bicyclic) bond motifs is 2. The lowest BCUT2D eigenvalue weighted by Crippen LogP contribution is -2.63. The number of nitrogens with one attached hydrogen (secondary N) is 1. The van der Waals surface area contributed by atoms with Gasteiger partial charge in [-0.05, 0) is 13.0 Å². The monoisotopic (exact) mass is 412 g/mol. The van der Waals surface area contributed by atoms with Gasteiger partial charge >= 0.3 is 6.03 Å². The van der Waals surface area contributed by atoms with Crippen LogP contribution in [0.1, 0.15) is 6.42 Å². The second kappa shape index (κ2) is 7.72. The molecule has 0 aromatic carbocycles. The Balaban J connectivity index is 1.24. The average Bonchev–Trinajstić information content (AvgIpc) is 3.38. The lowest BCUT2D eigenvalue weighted by Gasteiger charge is -2.39. The zero-order valence-corrected chi connectivity index (χ0v) is 16.2. The second-order valence-corrected chi connectivity index (χ2v) is 7.53. The molecule has 1 N–H and O–H groups in total. The van der Waals surface area contributed by atoms with Crippen LogP contribution < -0.4 is 5.32 Å². The molecular weight excluding hydrogens is 388 g/mol. The van der Waals surface area contributed by atoms with Crippen LogP contribution in [0.15, 0.2) is 4.99 Å². The van der Waals surface area contributed by atoms with Crippen molar-refractivity contribution in [2.75, 3.05) is 40.4 Å². The van der Waals surface area contributed by atoms with Crippen LogP contribution in [-0.4, -0.2) is 115 Å². The number of imide groups is 1. The van der Waals surface area contributed by atoms with E-state index in [1.54, 1.807) is 13.4 Å². The first-order chi connectivity index (χ1) is 13.9. The molecule has 13 nitrogen and oxygen atoms in total. The van der Waals surface area contributed by atoms with Gasteiger partial charge < -0.3 is 29.4 Å². The molecule has 4 aliphatic rings. The first-order valence-corrected chi connectivity index (χ1v) is 9.49. The van der Waals surface area contributed by atoms with E-state index in [4.69, 9.17) is 9.47 Å². The number of urea groups is 1. The van der Waals surface area contributed by atoms with Gasteiger partial charge in [0.25, 0.3) is 11.0 Å². The van der Waals surface area contributed by atoms with Crippen LogP contribution in [-0.2, 0) is 19.1 Å². The molecule has 13 heteroatoms. The Morgan fingerprint density at radius 2 is 2.07 bits per heavy atom. The lowest BCUT2D eigenvalue weighted by molar-refractivity contribution is -0.769. The zero-order valence-electron chi connectivity index (χ0n) is 16.2. The molecule has 0 bridgehead atoms. The van der Waals surface area contributed by atoms with Crippen LogP contribution in [0.25, 0.3) is 0 Å². The van der Waals surface area contributed by atoms with Crippen molar-refractivity contribution >= 4 is 18.3 Å². The maximum atomic E-state index is 12.5. The number of hydrogen-bond acceptors (Lipinski definition) is 10. The van der Waals surface area contributed by atoms with Crippen molar-refractivity contribution in [3.05, 3.63) is 10.1 Å². The minimum absolute atomic E-state index is 0.0773. The molecule has 4 heterocycles. The normalized spacial score (nSPS) is 36.0. The van der Waals surface area contributed by atoms with Gasteiger partial charge in [-0.1, -0.05) is 0 Å². The number of rotatable bonds is 7. The summed E-state index contributed by atoms with van der Waals surface area (Å²) in [7, 11) is 3.11. The summed E-state index contributed by atoms with van der Waals surface area (Å²) in [6.45, 7) is 1.75. The molecule has 4 aliphatic heterocycles. The fourth-order valence-electron chi connectivity index (χ4n) is 4.29. The van der Waals surface area contributed by atoms with E-state index in [-0.39, 0.29) is 30.7 Å². The Bertz CT molecular complexity index is 720. The Labute approximate surface area is 166 Å². The van der Waals surface area contributed by atoms with Gasteiger partial charge in [0.05, 0.1) is 25.6 Å². The standard InChI is InChI=1S/C16H24N6O7/c1-19-14-11(15(23)20(2)16(19)24)21(8-18-14)5-3-4-17-9-6-27-13-10(29-22(25)26)7-28-12(9)13/h8-14,17H,3-7H2,1-2H3. The highest BCUT2D eigenvalue weighted by Crippen LogP contribution is 2.29. The smallest absolute Gasteiger partial charge is 0.328 e. The van der Waals surface area contributed by atoms with Gasteiger partial charge in [-0.3, -0.25) is 9.69 Å². The van der Waals surface area contributed by atoms with E-state index >= 15 is 0 Å². The van der Waals surface area contributed by atoms with E-state index < -0.39 is 29.5 Å². The van der Waals surface area contributed by atoms with Crippen LogP contribution in [0.5, 0.6) is 0 Å². The van der Waals surface area contributed by atoms with Crippen molar-refractivity contribution in [1.82, 2.24) is 20.0 Å². The predicted molar refractivity (Wildman–Crippen MR) is 96.5 cm³/mol. The van der Waals surface area contributed by atoms with E-state index in [0.29, 0.717) is 19.7 Å². The number of amides is 3. The van der Waals surface area contributed by atoms with Crippen LogP contribution in [0.3, 0.4) is 0 Å². The van der Waals surface area contributed by atoms with Crippen molar-refractivity contribution in [3.63, 3.8) is 0 Å². The van der Waals surface area contributed by atoms with E-state index in [9.17, 15) is 19.7 Å². The highest BCUT2D eigenvalue weighted by atomic mass is 17.0. The molecular formula is C16H24N6O7.